The van der Waals surface area contributed by atoms with Gasteiger partial charge in [-0.3, -0.25) is 9.78 Å². The maximum absolute atomic E-state index is 13.2. The predicted molar refractivity (Wildman–Crippen MR) is 91.3 cm³/mol. The van der Waals surface area contributed by atoms with Crippen LogP contribution in [0.5, 0.6) is 0 Å². The van der Waals surface area contributed by atoms with Gasteiger partial charge in [0.15, 0.2) is 0 Å². The Hall–Kier alpha value is -1.66. The fraction of sp³-hybridized carbons (Fsp3) is 0.611. The summed E-state index contributed by atoms with van der Waals surface area (Å²) in [5, 5.41) is 13.6. The zero-order valence-corrected chi connectivity index (χ0v) is 14.6. The third-order valence-corrected chi connectivity index (χ3v) is 4.76. The van der Waals surface area contributed by atoms with Crippen molar-refractivity contribution in [2.75, 3.05) is 6.54 Å². The van der Waals surface area contributed by atoms with Crippen LogP contribution in [0.4, 0.5) is 4.39 Å². The number of hydrogen-bond donors (Lipinski definition) is 2. The molecular weight excluding hydrogens is 309 g/mol. The van der Waals surface area contributed by atoms with E-state index in [-0.39, 0.29) is 11.4 Å². The molecule has 1 aromatic heterocycles. The molecule has 0 aromatic carbocycles. The molecule has 2 N–H and O–H groups in total. The summed E-state index contributed by atoms with van der Waals surface area (Å²) in [4.78, 5) is 18.9. The fourth-order valence-corrected chi connectivity index (χ4v) is 3.24. The van der Waals surface area contributed by atoms with Gasteiger partial charge in [0.05, 0.1) is 12.3 Å². The largest absolute Gasteiger partial charge is 0.387 e. The Bertz CT molecular complexity index is 606. The van der Waals surface area contributed by atoms with Gasteiger partial charge in [0.2, 0.25) is 5.91 Å². The number of amides is 1. The lowest BCUT2D eigenvalue weighted by atomic mass is 9.76. The highest BCUT2D eigenvalue weighted by molar-refractivity contribution is 5.95. The molecule has 0 aliphatic heterocycles. The van der Waals surface area contributed by atoms with E-state index < -0.39 is 11.9 Å². The lowest BCUT2D eigenvalue weighted by Crippen LogP contribution is -2.48. The standard InChI is InChI=1S/C18H26FN3O2/c1-12(23)22-16-6-4-14(5-7-16)18(2,3)21-11-17(24)13-8-15(19)10-20-9-13/h8-10,14,17,21,24H,4-7,11H2,1-3H3/t14?,17-/m0/s1. The van der Waals surface area contributed by atoms with Crippen LogP contribution in [-0.2, 0) is 4.79 Å². The summed E-state index contributed by atoms with van der Waals surface area (Å²) >= 11 is 0. The van der Waals surface area contributed by atoms with E-state index in [4.69, 9.17) is 0 Å². The number of aromatic nitrogens is 1. The second-order valence-corrected chi connectivity index (χ2v) is 7.03. The van der Waals surface area contributed by atoms with Crippen LogP contribution in [0.1, 0.15) is 58.1 Å². The average Bonchev–Trinajstić information content (AvgIpc) is 2.52. The normalized spacial score (nSPS) is 19.9. The number of nitrogens with zero attached hydrogens (tertiary/aromatic N) is 2. The molecule has 0 saturated heterocycles. The molecule has 5 nitrogen and oxygen atoms in total. The van der Waals surface area contributed by atoms with Gasteiger partial charge in [0.1, 0.15) is 5.82 Å². The van der Waals surface area contributed by atoms with E-state index in [1.54, 1.807) is 0 Å². The fourth-order valence-electron chi connectivity index (χ4n) is 3.24. The lowest BCUT2D eigenvalue weighted by molar-refractivity contribution is -0.115. The molecular formula is C18H26FN3O2. The molecule has 24 heavy (non-hydrogen) atoms. The second-order valence-electron chi connectivity index (χ2n) is 7.03. The Balaban J connectivity index is 1.88. The van der Waals surface area contributed by atoms with Crippen LogP contribution < -0.4 is 5.32 Å². The molecule has 1 atom stereocenters. The maximum atomic E-state index is 13.2. The smallest absolute Gasteiger partial charge is 0.242 e. The summed E-state index contributed by atoms with van der Waals surface area (Å²) in [6.07, 6.45) is 5.40. The minimum absolute atomic E-state index is 0.132. The van der Waals surface area contributed by atoms with E-state index in [1.807, 2.05) is 0 Å². The first-order chi connectivity index (χ1) is 11.3. The molecule has 1 heterocycles. The zero-order valence-electron chi connectivity index (χ0n) is 14.6. The van der Waals surface area contributed by atoms with Gasteiger partial charge >= 0.3 is 0 Å². The molecule has 1 aromatic rings. The topological polar surface area (TPSA) is 74.6 Å². The minimum Gasteiger partial charge on any atom is -0.387 e. The summed E-state index contributed by atoms with van der Waals surface area (Å²) in [5.74, 6) is -0.149. The Morgan fingerprint density at radius 3 is 2.71 bits per heavy atom. The number of aliphatic hydroxyl groups is 1. The van der Waals surface area contributed by atoms with Gasteiger partial charge in [-0.25, -0.2) is 9.38 Å². The van der Waals surface area contributed by atoms with Crippen molar-refractivity contribution >= 4 is 11.6 Å². The number of β-amino-alcohol motifs (C(OH)–C–C–N with tert-alkyl or cyclic N) is 1. The molecule has 1 amide bonds. The van der Waals surface area contributed by atoms with Crippen molar-refractivity contribution in [2.24, 2.45) is 10.9 Å². The van der Waals surface area contributed by atoms with Gasteiger partial charge in [0, 0.05) is 36.5 Å². The number of nitrogens with one attached hydrogen (secondary N) is 1. The Morgan fingerprint density at radius 2 is 2.12 bits per heavy atom. The SMILES string of the molecule is CC(=O)N=C1CCC(C(C)(C)NC[C@H](O)c2cncc(F)c2)CC1. The highest BCUT2D eigenvalue weighted by atomic mass is 19.1. The van der Waals surface area contributed by atoms with Crippen LogP contribution in [0.25, 0.3) is 0 Å². The number of aliphatic imine (C=N–C) groups is 1. The summed E-state index contributed by atoms with van der Waals surface area (Å²) in [5.41, 5.74) is 1.29. The average molecular weight is 335 g/mol. The van der Waals surface area contributed by atoms with Gasteiger partial charge in [0.25, 0.3) is 0 Å². The van der Waals surface area contributed by atoms with Gasteiger partial charge in [-0.05, 0) is 51.5 Å². The van der Waals surface area contributed by atoms with E-state index in [1.165, 1.54) is 19.2 Å². The lowest BCUT2D eigenvalue weighted by Gasteiger charge is -2.38. The van der Waals surface area contributed by atoms with Crippen molar-refractivity contribution < 1.29 is 14.3 Å². The van der Waals surface area contributed by atoms with E-state index in [0.717, 1.165) is 37.6 Å². The molecule has 0 spiro atoms. The summed E-state index contributed by atoms with van der Waals surface area (Å²) in [6.45, 7) is 6.04. The molecule has 1 aliphatic carbocycles. The molecule has 2 rings (SSSR count). The van der Waals surface area contributed by atoms with Gasteiger partial charge in [-0.2, -0.15) is 0 Å². The van der Waals surface area contributed by atoms with Crippen molar-refractivity contribution in [2.45, 2.75) is 58.1 Å². The number of carbonyl (C=O) groups excluding carboxylic acids is 1. The quantitative estimate of drug-likeness (QED) is 0.868. The monoisotopic (exact) mass is 335 g/mol. The minimum atomic E-state index is -0.800. The first-order valence-electron chi connectivity index (χ1n) is 8.38. The summed E-state index contributed by atoms with van der Waals surface area (Å²) in [6, 6.07) is 1.30. The zero-order chi connectivity index (χ0) is 17.7. The molecule has 1 fully saturated rings. The van der Waals surface area contributed by atoms with Crippen LogP contribution in [-0.4, -0.2) is 33.8 Å². The first kappa shape index (κ1) is 18.7. The molecule has 0 bridgehead atoms. The van der Waals surface area contributed by atoms with Crippen molar-refractivity contribution in [3.8, 4) is 0 Å². The Morgan fingerprint density at radius 1 is 1.46 bits per heavy atom. The van der Waals surface area contributed by atoms with Crippen molar-refractivity contribution in [3.63, 3.8) is 0 Å². The molecule has 0 radical (unpaired) electrons. The van der Waals surface area contributed by atoms with Crippen molar-refractivity contribution in [3.05, 3.63) is 29.8 Å². The number of rotatable bonds is 5. The predicted octanol–water partition coefficient (Wildman–Crippen LogP) is 2.80. The van der Waals surface area contributed by atoms with Gasteiger partial charge < -0.3 is 10.4 Å². The van der Waals surface area contributed by atoms with E-state index in [9.17, 15) is 14.3 Å². The molecule has 6 heteroatoms. The Labute approximate surface area is 142 Å². The molecule has 132 valence electrons. The van der Waals surface area contributed by atoms with Crippen molar-refractivity contribution in [1.82, 2.24) is 10.3 Å². The van der Waals surface area contributed by atoms with Crippen LogP contribution in [0, 0.1) is 11.7 Å². The number of halogens is 1. The van der Waals surface area contributed by atoms with E-state index in [0.29, 0.717) is 18.0 Å². The molecule has 1 saturated carbocycles. The van der Waals surface area contributed by atoms with Crippen LogP contribution in [0.3, 0.4) is 0 Å². The number of aliphatic hydroxyl groups excluding tert-OH is 1. The van der Waals surface area contributed by atoms with Gasteiger partial charge in [-0.15, -0.1) is 0 Å². The molecule has 1 aliphatic rings. The first-order valence-corrected chi connectivity index (χ1v) is 8.38. The maximum Gasteiger partial charge on any atom is 0.242 e. The highest BCUT2D eigenvalue weighted by Gasteiger charge is 2.32. The molecule has 0 unspecified atom stereocenters. The van der Waals surface area contributed by atoms with Crippen molar-refractivity contribution in [1.29, 1.82) is 0 Å². The van der Waals surface area contributed by atoms with Crippen LogP contribution >= 0.6 is 0 Å². The third-order valence-electron chi connectivity index (χ3n) is 4.76. The highest BCUT2D eigenvalue weighted by Crippen LogP contribution is 2.32. The van der Waals surface area contributed by atoms with Crippen LogP contribution in [0.15, 0.2) is 23.5 Å². The third kappa shape index (κ3) is 5.18. The number of carbonyl (C=O) groups is 1. The van der Waals surface area contributed by atoms with Gasteiger partial charge in [-0.1, -0.05) is 0 Å². The van der Waals surface area contributed by atoms with Crippen LogP contribution in [0.2, 0.25) is 0 Å². The summed E-state index contributed by atoms with van der Waals surface area (Å²) in [7, 11) is 0. The van der Waals surface area contributed by atoms with E-state index >= 15 is 0 Å². The van der Waals surface area contributed by atoms with E-state index in [2.05, 4.69) is 29.1 Å². The summed E-state index contributed by atoms with van der Waals surface area (Å²) < 4.78 is 13.2. The number of hydrogen-bond acceptors (Lipinski definition) is 4. The number of pyridine rings is 1. The second kappa shape index (κ2) is 7.94. The Kier molecular flexibility index (Phi) is 6.18.